The molecule has 8 unspecified atom stereocenters. The SMILES string of the molecule is C[C@H](CCC(=O)NCCS(=O)(=O)O)[C@H]1CCC2C3C(O)C(O)C4CC(O)CC[C@]4(C)C3CC(O)[C@@]21C. The lowest BCUT2D eigenvalue weighted by atomic mass is 9.42. The van der Waals surface area contributed by atoms with E-state index < -0.39 is 45.7 Å². The zero-order valence-electron chi connectivity index (χ0n) is 21.7. The van der Waals surface area contributed by atoms with Crippen LogP contribution in [-0.4, -0.2) is 76.0 Å². The quantitative estimate of drug-likeness (QED) is 0.268. The first-order valence-corrected chi connectivity index (χ1v) is 15.2. The fourth-order valence-corrected chi connectivity index (χ4v) is 9.50. The van der Waals surface area contributed by atoms with Crippen LogP contribution in [0.1, 0.15) is 72.1 Å². The van der Waals surface area contributed by atoms with Gasteiger partial charge in [0.15, 0.2) is 0 Å². The molecule has 6 N–H and O–H groups in total. The van der Waals surface area contributed by atoms with Gasteiger partial charge in [0, 0.05) is 13.0 Å². The summed E-state index contributed by atoms with van der Waals surface area (Å²) < 4.78 is 30.5. The first-order chi connectivity index (χ1) is 16.7. The van der Waals surface area contributed by atoms with Crippen LogP contribution in [0.3, 0.4) is 0 Å². The van der Waals surface area contributed by atoms with E-state index in [0.29, 0.717) is 25.7 Å². The molecule has 0 spiro atoms. The van der Waals surface area contributed by atoms with Gasteiger partial charge in [-0.25, -0.2) is 0 Å². The van der Waals surface area contributed by atoms with Crippen molar-refractivity contribution >= 4 is 16.0 Å². The van der Waals surface area contributed by atoms with Gasteiger partial charge in [-0.3, -0.25) is 9.35 Å². The van der Waals surface area contributed by atoms with Crippen molar-refractivity contribution in [2.75, 3.05) is 12.3 Å². The highest BCUT2D eigenvalue weighted by atomic mass is 32.2. The lowest BCUT2D eigenvalue weighted by Crippen LogP contribution is -2.66. The van der Waals surface area contributed by atoms with E-state index in [1.165, 1.54) is 0 Å². The Morgan fingerprint density at radius 2 is 1.69 bits per heavy atom. The lowest BCUT2D eigenvalue weighted by molar-refractivity contribution is -0.243. The second-order valence-corrected chi connectivity index (χ2v) is 14.3. The highest BCUT2D eigenvalue weighted by Gasteiger charge is 2.67. The number of aliphatic hydroxyl groups is 4. The van der Waals surface area contributed by atoms with Crippen LogP contribution in [0.5, 0.6) is 0 Å². The number of carbonyl (C=O) groups is 1. The average Bonchev–Trinajstić information content (AvgIpc) is 3.15. The molecule has 4 aliphatic rings. The summed E-state index contributed by atoms with van der Waals surface area (Å²) in [5.41, 5.74) is -0.658. The summed E-state index contributed by atoms with van der Waals surface area (Å²) in [6.07, 6.45) is 2.33. The summed E-state index contributed by atoms with van der Waals surface area (Å²) >= 11 is 0. The smallest absolute Gasteiger partial charge is 0.266 e. The molecule has 0 aliphatic heterocycles. The predicted octanol–water partition coefficient (Wildman–Crippen LogP) is 1.34. The molecule has 0 saturated heterocycles. The second-order valence-electron chi connectivity index (χ2n) is 12.8. The van der Waals surface area contributed by atoms with E-state index in [1.54, 1.807) is 0 Å². The van der Waals surface area contributed by atoms with Crippen molar-refractivity contribution in [1.82, 2.24) is 5.32 Å². The van der Waals surface area contributed by atoms with Crippen LogP contribution in [0.25, 0.3) is 0 Å². The molecule has 0 heterocycles. The van der Waals surface area contributed by atoms with E-state index in [0.717, 1.165) is 19.3 Å². The number of hydrogen-bond donors (Lipinski definition) is 6. The van der Waals surface area contributed by atoms with Gasteiger partial charge in [0.05, 0.1) is 30.2 Å². The fourth-order valence-electron chi connectivity index (χ4n) is 9.14. The first-order valence-electron chi connectivity index (χ1n) is 13.6. The van der Waals surface area contributed by atoms with Crippen molar-refractivity contribution in [1.29, 1.82) is 0 Å². The van der Waals surface area contributed by atoms with Crippen LogP contribution in [0.4, 0.5) is 0 Å². The molecule has 208 valence electrons. The Morgan fingerprint density at radius 1 is 1.00 bits per heavy atom. The van der Waals surface area contributed by atoms with Gasteiger partial charge >= 0.3 is 0 Å². The molecular formula is C26H45NO8S. The number of nitrogens with one attached hydrogen (secondary N) is 1. The van der Waals surface area contributed by atoms with Crippen LogP contribution < -0.4 is 5.32 Å². The van der Waals surface area contributed by atoms with Gasteiger partial charge in [0.25, 0.3) is 10.1 Å². The number of carbonyl (C=O) groups excluding carboxylic acids is 1. The molecule has 0 bridgehead atoms. The number of hydrogen-bond acceptors (Lipinski definition) is 7. The molecule has 4 fully saturated rings. The van der Waals surface area contributed by atoms with Crippen molar-refractivity contribution in [3.05, 3.63) is 0 Å². The Hall–Kier alpha value is -0.780. The van der Waals surface area contributed by atoms with Gasteiger partial charge in [0.2, 0.25) is 5.91 Å². The second kappa shape index (κ2) is 10.1. The standard InChI is InChI=1S/C26H45NO8S/c1-14(4-7-21(30)27-10-11-36(33,34)35)16-5-6-17-22-18(13-20(29)26(16,17)3)25(2)9-8-15(28)12-19(25)23(31)24(22)32/h14-20,22-24,28-29,31-32H,4-13H2,1-3H3,(H,27,30)(H,33,34,35)/t14-,15?,16-,17?,18?,19?,20?,22?,23?,24?,25-,26-/m1/s1. The van der Waals surface area contributed by atoms with E-state index in [4.69, 9.17) is 4.55 Å². The first kappa shape index (κ1) is 28.2. The summed E-state index contributed by atoms with van der Waals surface area (Å²) in [6.45, 7) is 6.26. The third-order valence-corrected chi connectivity index (χ3v) is 11.8. The monoisotopic (exact) mass is 531 g/mol. The summed E-state index contributed by atoms with van der Waals surface area (Å²) in [6, 6.07) is 0. The molecule has 0 aromatic heterocycles. The largest absolute Gasteiger partial charge is 0.393 e. The fraction of sp³-hybridized carbons (Fsp3) is 0.962. The van der Waals surface area contributed by atoms with Gasteiger partial charge in [-0.2, -0.15) is 8.42 Å². The van der Waals surface area contributed by atoms with Crippen LogP contribution in [-0.2, 0) is 14.9 Å². The minimum Gasteiger partial charge on any atom is -0.393 e. The Kier molecular flexibility index (Phi) is 7.90. The van der Waals surface area contributed by atoms with Crippen LogP contribution >= 0.6 is 0 Å². The molecule has 0 radical (unpaired) electrons. The Morgan fingerprint density at radius 3 is 2.36 bits per heavy atom. The minimum absolute atomic E-state index is 0.0663. The van der Waals surface area contributed by atoms with Crippen LogP contribution in [0.15, 0.2) is 0 Å². The highest BCUT2D eigenvalue weighted by Crippen LogP contribution is 2.68. The summed E-state index contributed by atoms with van der Waals surface area (Å²) in [5.74, 6) is -0.613. The molecule has 36 heavy (non-hydrogen) atoms. The van der Waals surface area contributed by atoms with Crippen LogP contribution in [0, 0.1) is 46.3 Å². The lowest BCUT2D eigenvalue weighted by Gasteiger charge is -2.64. The predicted molar refractivity (Wildman–Crippen MR) is 133 cm³/mol. The van der Waals surface area contributed by atoms with Crippen molar-refractivity contribution in [2.45, 2.75) is 96.6 Å². The summed E-state index contributed by atoms with van der Waals surface area (Å²) in [7, 11) is -4.12. The summed E-state index contributed by atoms with van der Waals surface area (Å²) in [5, 5.41) is 47.0. The van der Waals surface area contributed by atoms with Gasteiger partial charge in [0.1, 0.15) is 0 Å². The van der Waals surface area contributed by atoms with Gasteiger partial charge in [-0.1, -0.05) is 20.8 Å². The Labute approximate surface area is 214 Å². The minimum atomic E-state index is -4.12. The maximum absolute atomic E-state index is 12.2. The van der Waals surface area contributed by atoms with Crippen molar-refractivity contribution in [3.63, 3.8) is 0 Å². The van der Waals surface area contributed by atoms with E-state index in [9.17, 15) is 33.6 Å². The molecule has 4 aliphatic carbocycles. The van der Waals surface area contributed by atoms with E-state index in [-0.39, 0.29) is 59.8 Å². The molecule has 4 saturated carbocycles. The molecule has 9 nitrogen and oxygen atoms in total. The van der Waals surface area contributed by atoms with Gasteiger partial charge < -0.3 is 25.7 Å². The molecule has 0 aromatic carbocycles. The molecule has 10 heteroatoms. The Bertz CT molecular complexity index is 929. The molecule has 0 aromatic rings. The van der Waals surface area contributed by atoms with E-state index in [2.05, 4.69) is 26.1 Å². The maximum Gasteiger partial charge on any atom is 0.266 e. The molecule has 12 atom stereocenters. The van der Waals surface area contributed by atoms with E-state index in [1.807, 2.05) is 0 Å². The van der Waals surface area contributed by atoms with Crippen molar-refractivity contribution in [2.24, 2.45) is 46.3 Å². The molecular weight excluding hydrogens is 486 g/mol. The zero-order chi connectivity index (χ0) is 26.6. The number of amides is 1. The van der Waals surface area contributed by atoms with Gasteiger partial charge in [-0.05, 0) is 91.3 Å². The van der Waals surface area contributed by atoms with Crippen LogP contribution in [0.2, 0.25) is 0 Å². The maximum atomic E-state index is 12.2. The van der Waals surface area contributed by atoms with E-state index >= 15 is 0 Å². The number of fused-ring (bicyclic) bond motifs is 5. The zero-order valence-corrected chi connectivity index (χ0v) is 22.5. The number of rotatable bonds is 7. The third-order valence-electron chi connectivity index (χ3n) is 11.1. The topological polar surface area (TPSA) is 164 Å². The molecule has 4 rings (SSSR count). The van der Waals surface area contributed by atoms with Crippen molar-refractivity contribution < 1.29 is 38.2 Å². The third kappa shape index (κ3) is 4.86. The Balaban J connectivity index is 1.46. The molecule has 1 amide bonds. The summed E-state index contributed by atoms with van der Waals surface area (Å²) in [4.78, 5) is 12.2. The van der Waals surface area contributed by atoms with Crippen molar-refractivity contribution in [3.8, 4) is 0 Å². The number of aliphatic hydroxyl groups excluding tert-OH is 4. The van der Waals surface area contributed by atoms with Gasteiger partial charge in [-0.15, -0.1) is 0 Å². The average molecular weight is 532 g/mol. The highest BCUT2D eigenvalue weighted by molar-refractivity contribution is 7.85. The normalized spacial score (nSPS) is 47.4.